The molecule has 0 spiro atoms. The zero-order valence-electron chi connectivity index (χ0n) is 6.65. The molecule has 2 N–H and O–H groups in total. The Balaban J connectivity index is 2.47. The van der Waals surface area contributed by atoms with E-state index in [0.717, 1.165) is 0 Å². The summed E-state index contributed by atoms with van der Waals surface area (Å²) in [5.41, 5.74) is 0. The molecule has 0 bridgehead atoms. The number of carbonyl (C=O) groups excluding carboxylic acids is 1. The molecule has 12 heavy (non-hydrogen) atoms. The van der Waals surface area contributed by atoms with Gasteiger partial charge < -0.3 is 14.8 Å². The summed E-state index contributed by atoms with van der Waals surface area (Å²) in [4.78, 5) is 17.3. The quantitative estimate of drug-likeness (QED) is 0.599. The first-order chi connectivity index (χ1) is 5.74. The molecule has 66 valence electrons. The van der Waals surface area contributed by atoms with Crippen molar-refractivity contribution in [1.29, 1.82) is 0 Å². The molecule has 0 aromatic carbocycles. The highest BCUT2D eigenvalue weighted by molar-refractivity contribution is 5.74. The van der Waals surface area contributed by atoms with Gasteiger partial charge in [0.2, 0.25) is 0 Å². The van der Waals surface area contributed by atoms with Gasteiger partial charge in [-0.1, -0.05) is 0 Å². The average Bonchev–Trinajstić information content (AvgIpc) is 2.55. The Morgan fingerprint density at radius 1 is 1.92 bits per heavy atom. The Kier molecular flexibility index (Phi) is 2.82. The summed E-state index contributed by atoms with van der Waals surface area (Å²) in [6.45, 7) is 0. The number of aliphatic hydroxyl groups excluding tert-OH is 1. The number of carbonyl (C=O) groups is 1. The predicted molar refractivity (Wildman–Crippen MR) is 40.3 cm³/mol. The van der Waals surface area contributed by atoms with E-state index < -0.39 is 12.1 Å². The van der Waals surface area contributed by atoms with Crippen molar-refractivity contribution in [1.82, 2.24) is 9.97 Å². The molecule has 0 radical (unpaired) electrons. The second kappa shape index (κ2) is 3.87. The first-order valence-corrected chi connectivity index (χ1v) is 3.48. The van der Waals surface area contributed by atoms with Crippen molar-refractivity contribution in [2.45, 2.75) is 12.5 Å². The fraction of sp³-hybridized carbons (Fsp3) is 0.429. The van der Waals surface area contributed by atoms with Crippen LogP contribution in [-0.2, 0) is 16.0 Å². The van der Waals surface area contributed by atoms with Gasteiger partial charge in [0.25, 0.3) is 0 Å². The Morgan fingerprint density at radius 3 is 3.17 bits per heavy atom. The second-order valence-electron chi connectivity index (χ2n) is 2.28. The molecule has 1 atom stereocenters. The predicted octanol–water partition coefficient (Wildman–Crippen LogP) is -0.514. The van der Waals surface area contributed by atoms with E-state index in [2.05, 4.69) is 14.7 Å². The standard InChI is InChI=1S/C7H10N2O3/c1-12-7(11)5(10)4-6-8-2-3-9-6/h2-3,5,10H,4H2,1H3,(H,8,9)/t5-/m0/s1. The number of nitrogens with zero attached hydrogens (tertiary/aromatic N) is 1. The van der Waals surface area contributed by atoms with E-state index in [4.69, 9.17) is 5.11 Å². The van der Waals surface area contributed by atoms with Crippen molar-refractivity contribution in [2.75, 3.05) is 7.11 Å². The van der Waals surface area contributed by atoms with Crippen molar-refractivity contribution in [3.8, 4) is 0 Å². The Labute approximate surface area is 69.4 Å². The maximum Gasteiger partial charge on any atom is 0.335 e. The van der Waals surface area contributed by atoms with Crippen molar-refractivity contribution in [2.24, 2.45) is 0 Å². The highest BCUT2D eigenvalue weighted by Gasteiger charge is 2.16. The number of rotatable bonds is 3. The summed E-state index contributed by atoms with van der Waals surface area (Å²) in [7, 11) is 1.23. The number of H-pyrrole nitrogens is 1. The summed E-state index contributed by atoms with van der Waals surface area (Å²) >= 11 is 0. The third-order valence-electron chi connectivity index (χ3n) is 1.41. The monoisotopic (exact) mass is 170 g/mol. The molecule has 1 aromatic heterocycles. The van der Waals surface area contributed by atoms with Gasteiger partial charge in [0, 0.05) is 18.8 Å². The molecule has 0 fully saturated rings. The van der Waals surface area contributed by atoms with Gasteiger partial charge in [-0.15, -0.1) is 0 Å². The number of esters is 1. The maximum absolute atomic E-state index is 10.7. The van der Waals surface area contributed by atoms with E-state index in [1.165, 1.54) is 7.11 Å². The minimum absolute atomic E-state index is 0.152. The molecule has 0 unspecified atom stereocenters. The summed E-state index contributed by atoms with van der Waals surface area (Å²) in [5.74, 6) is -0.0840. The second-order valence-corrected chi connectivity index (χ2v) is 2.28. The number of nitrogens with one attached hydrogen (secondary N) is 1. The van der Waals surface area contributed by atoms with E-state index in [-0.39, 0.29) is 6.42 Å². The number of aromatic nitrogens is 2. The van der Waals surface area contributed by atoms with Crippen LogP contribution < -0.4 is 0 Å². The van der Waals surface area contributed by atoms with Crippen LogP contribution in [0.5, 0.6) is 0 Å². The van der Waals surface area contributed by atoms with Crippen LogP contribution in [0.15, 0.2) is 12.4 Å². The van der Waals surface area contributed by atoms with Crippen LogP contribution in [0.2, 0.25) is 0 Å². The van der Waals surface area contributed by atoms with Crippen molar-refractivity contribution < 1.29 is 14.6 Å². The lowest BCUT2D eigenvalue weighted by Gasteiger charge is -2.04. The minimum atomic E-state index is -1.14. The lowest BCUT2D eigenvalue weighted by Crippen LogP contribution is -2.24. The number of hydrogen-bond acceptors (Lipinski definition) is 4. The summed E-state index contributed by atoms with van der Waals surface area (Å²) in [6.07, 6.45) is 2.19. The number of methoxy groups -OCH3 is 1. The first kappa shape index (κ1) is 8.73. The third-order valence-corrected chi connectivity index (χ3v) is 1.41. The van der Waals surface area contributed by atoms with E-state index in [9.17, 15) is 4.79 Å². The molecule has 1 aromatic rings. The van der Waals surface area contributed by atoms with Gasteiger partial charge in [-0.2, -0.15) is 0 Å². The fourth-order valence-corrected chi connectivity index (χ4v) is 0.812. The number of aromatic amines is 1. The molecule has 0 amide bonds. The zero-order chi connectivity index (χ0) is 8.97. The van der Waals surface area contributed by atoms with Gasteiger partial charge in [-0.05, 0) is 0 Å². The maximum atomic E-state index is 10.7. The van der Waals surface area contributed by atoms with Crippen LogP contribution in [0.1, 0.15) is 5.82 Å². The van der Waals surface area contributed by atoms with Crippen molar-refractivity contribution in [3.05, 3.63) is 18.2 Å². The van der Waals surface area contributed by atoms with Crippen LogP contribution in [0.25, 0.3) is 0 Å². The van der Waals surface area contributed by atoms with Crippen molar-refractivity contribution >= 4 is 5.97 Å². The largest absolute Gasteiger partial charge is 0.467 e. The number of aliphatic hydroxyl groups is 1. The van der Waals surface area contributed by atoms with Gasteiger partial charge in [-0.3, -0.25) is 0 Å². The third kappa shape index (κ3) is 2.06. The molecular formula is C7H10N2O3. The lowest BCUT2D eigenvalue weighted by molar-refractivity contribution is -0.150. The number of ether oxygens (including phenoxy) is 1. The van der Waals surface area contributed by atoms with Gasteiger partial charge in [-0.25, -0.2) is 9.78 Å². The van der Waals surface area contributed by atoms with Crippen LogP contribution in [-0.4, -0.2) is 34.3 Å². The summed E-state index contributed by atoms with van der Waals surface area (Å²) in [5, 5.41) is 9.15. The van der Waals surface area contributed by atoms with Crippen LogP contribution in [0.4, 0.5) is 0 Å². The number of hydrogen-bond donors (Lipinski definition) is 2. The van der Waals surface area contributed by atoms with E-state index >= 15 is 0 Å². The first-order valence-electron chi connectivity index (χ1n) is 3.48. The smallest absolute Gasteiger partial charge is 0.335 e. The molecular weight excluding hydrogens is 160 g/mol. The molecule has 0 aliphatic rings. The molecule has 1 rings (SSSR count). The molecule has 5 nitrogen and oxygen atoms in total. The van der Waals surface area contributed by atoms with Gasteiger partial charge >= 0.3 is 5.97 Å². The SMILES string of the molecule is COC(=O)[C@@H](O)Cc1ncc[nH]1. The molecule has 0 saturated carbocycles. The van der Waals surface area contributed by atoms with Crippen LogP contribution in [0.3, 0.4) is 0 Å². The highest BCUT2D eigenvalue weighted by atomic mass is 16.5. The molecule has 0 saturated heterocycles. The molecule has 5 heteroatoms. The van der Waals surface area contributed by atoms with Crippen LogP contribution in [0, 0.1) is 0 Å². The van der Waals surface area contributed by atoms with E-state index in [0.29, 0.717) is 5.82 Å². The number of imidazole rings is 1. The Morgan fingerprint density at radius 2 is 2.67 bits per heavy atom. The van der Waals surface area contributed by atoms with Gasteiger partial charge in [0.1, 0.15) is 5.82 Å². The lowest BCUT2D eigenvalue weighted by atomic mass is 10.2. The highest BCUT2D eigenvalue weighted by Crippen LogP contribution is 1.97. The van der Waals surface area contributed by atoms with Gasteiger partial charge in [0.05, 0.1) is 7.11 Å². The Bertz CT molecular complexity index is 245. The zero-order valence-corrected chi connectivity index (χ0v) is 6.65. The summed E-state index contributed by atoms with van der Waals surface area (Å²) < 4.78 is 4.33. The average molecular weight is 170 g/mol. The van der Waals surface area contributed by atoms with E-state index in [1.807, 2.05) is 0 Å². The fourth-order valence-electron chi connectivity index (χ4n) is 0.812. The summed E-state index contributed by atoms with van der Waals surface area (Å²) in [6, 6.07) is 0. The molecule has 0 aliphatic heterocycles. The minimum Gasteiger partial charge on any atom is -0.467 e. The van der Waals surface area contributed by atoms with Crippen molar-refractivity contribution in [3.63, 3.8) is 0 Å². The molecule has 1 heterocycles. The normalized spacial score (nSPS) is 12.5. The Hall–Kier alpha value is -1.36. The van der Waals surface area contributed by atoms with E-state index in [1.54, 1.807) is 12.4 Å². The molecule has 0 aliphatic carbocycles. The van der Waals surface area contributed by atoms with Gasteiger partial charge in [0.15, 0.2) is 6.10 Å². The topological polar surface area (TPSA) is 75.2 Å². The van der Waals surface area contributed by atoms with Crippen LogP contribution >= 0.6 is 0 Å².